The number of nitrogens with zero attached hydrogens (tertiary/aromatic N) is 1. The van der Waals surface area contributed by atoms with Gasteiger partial charge < -0.3 is 5.32 Å². The van der Waals surface area contributed by atoms with Crippen LogP contribution < -0.4 is 5.32 Å². The summed E-state index contributed by atoms with van der Waals surface area (Å²) in [5.41, 5.74) is 1.71. The molecule has 0 spiro atoms. The second kappa shape index (κ2) is 8.29. The molecule has 2 aromatic rings. The van der Waals surface area contributed by atoms with Crippen LogP contribution in [0.15, 0.2) is 48.7 Å². The van der Waals surface area contributed by atoms with E-state index in [2.05, 4.69) is 10.3 Å². The van der Waals surface area contributed by atoms with Crippen molar-refractivity contribution in [3.05, 3.63) is 64.9 Å². The monoisotopic (exact) mass is 316 g/mol. The van der Waals surface area contributed by atoms with Gasteiger partial charge in [-0.05, 0) is 36.6 Å². The molecule has 1 N–H and O–H groups in total. The molecule has 1 aromatic carbocycles. The summed E-state index contributed by atoms with van der Waals surface area (Å²) in [6.07, 6.45) is 3.22. The lowest BCUT2D eigenvalue weighted by Crippen LogP contribution is -2.30. The van der Waals surface area contributed by atoms with Crippen LogP contribution in [-0.4, -0.2) is 16.7 Å². The molecule has 0 aliphatic heterocycles. The summed E-state index contributed by atoms with van der Waals surface area (Å²) in [5, 5.41) is 3.17. The van der Waals surface area contributed by atoms with Gasteiger partial charge in [-0.1, -0.05) is 35.9 Å². The zero-order chi connectivity index (χ0) is 15.8. The highest BCUT2D eigenvalue weighted by molar-refractivity contribution is 6.36. The lowest BCUT2D eigenvalue weighted by Gasteiger charge is -2.06. The molecule has 0 saturated heterocycles. The standard InChI is InChI=1S/C17H17ClN2O2/c18-15-9-2-1-6-13(15)12-20-17(22)16(21)10-5-8-14-7-3-4-11-19-14/h1-4,6-7,9,11H,5,8,10,12H2,(H,20,22). The third-order valence-electron chi connectivity index (χ3n) is 3.21. The predicted molar refractivity (Wildman–Crippen MR) is 85.5 cm³/mol. The Morgan fingerprint density at radius 2 is 1.86 bits per heavy atom. The van der Waals surface area contributed by atoms with Gasteiger partial charge in [-0.15, -0.1) is 0 Å². The lowest BCUT2D eigenvalue weighted by molar-refractivity contribution is -0.138. The molecule has 0 aliphatic rings. The van der Waals surface area contributed by atoms with Crippen LogP contribution in [0.25, 0.3) is 0 Å². The SMILES string of the molecule is O=C(CCCc1ccccn1)C(=O)NCc1ccccc1Cl. The van der Waals surface area contributed by atoms with E-state index in [1.807, 2.05) is 36.4 Å². The molecule has 1 amide bonds. The number of hydrogen-bond donors (Lipinski definition) is 1. The average Bonchev–Trinajstić information content (AvgIpc) is 2.54. The van der Waals surface area contributed by atoms with Crippen LogP contribution in [0.3, 0.4) is 0 Å². The number of benzene rings is 1. The number of halogens is 1. The van der Waals surface area contributed by atoms with Crippen LogP contribution in [0.2, 0.25) is 5.02 Å². The van der Waals surface area contributed by atoms with Gasteiger partial charge in [0.1, 0.15) is 0 Å². The Balaban J connectivity index is 1.73. The van der Waals surface area contributed by atoms with Crippen molar-refractivity contribution < 1.29 is 9.59 Å². The first-order valence-electron chi connectivity index (χ1n) is 7.11. The maximum absolute atomic E-state index is 11.8. The molecule has 0 unspecified atom stereocenters. The number of ketones is 1. The summed E-state index contributed by atoms with van der Waals surface area (Å²) in [6.45, 7) is 0.254. The first-order chi connectivity index (χ1) is 10.7. The summed E-state index contributed by atoms with van der Waals surface area (Å²) in [4.78, 5) is 27.7. The molecule has 22 heavy (non-hydrogen) atoms. The number of amides is 1. The molecular formula is C17H17ClN2O2. The number of pyridine rings is 1. The summed E-state index contributed by atoms with van der Waals surface area (Å²) in [7, 11) is 0. The molecule has 0 bridgehead atoms. The van der Waals surface area contributed by atoms with E-state index in [4.69, 9.17) is 11.6 Å². The van der Waals surface area contributed by atoms with E-state index in [1.54, 1.807) is 12.3 Å². The molecule has 1 aromatic heterocycles. The zero-order valence-corrected chi connectivity index (χ0v) is 12.8. The van der Waals surface area contributed by atoms with Crippen LogP contribution in [0.1, 0.15) is 24.1 Å². The minimum atomic E-state index is -0.569. The highest BCUT2D eigenvalue weighted by Crippen LogP contribution is 2.14. The number of carbonyl (C=O) groups excluding carboxylic acids is 2. The fourth-order valence-corrected chi connectivity index (χ4v) is 2.21. The largest absolute Gasteiger partial charge is 0.345 e. The number of carbonyl (C=O) groups is 2. The minimum Gasteiger partial charge on any atom is -0.345 e. The number of nitrogens with one attached hydrogen (secondary N) is 1. The van der Waals surface area contributed by atoms with Gasteiger partial charge in [0.05, 0.1) is 0 Å². The summed E-state index contributed by atoms with van der Waals surface area (Å²) in [6, 6.07) is 12.9. The second-order valence-corrected chi connectivity index (χ2v) is 5.28. The van der Waals surface area contributed by atoms with E-state index in [0.29, 0.717) is 17.9 Å². The lowest BCUT2D eigenvalue weighted by atomic mass is 10.1. The van der Waals surface area contributed by atoms with Crippen molar-refractivity contribution in [1.82, 2.24) is 10.3 Å². The number of aromatic nitrogens is 1. The van der Waals surface area contributed by atoms with Gasteiger partial charge in [0, 0.05) is 29.9 Å². The Bertz CT molecular complexity index is 644. The normalized spacial score (nSPS) is 10.2. The average molecular weight is 317 g/mol. The van der Waals surface area contributed by atoms with E-state index in [9.17, 15) is 9.59 Å². The first-order valence-corrected chi connectivity index (χ1v) is 7.49. The topological polar surface area (TPSA) is 59.1 Å². The van der Waals surface area contributed by atoms with E-state index in [-0.39, 0.29) is 13.0 Å². The van der Waals surface area contributed by atoms with Gasteiger partial charge in [0.15, 0.2) is 0 Å². The van der Waals surface area contributed by atoms with Crippen LogP contribution in [0, 0.1) is 0 Å². The van der Waals surface area contributed by atoms with Gasteiger partial charge in [-0.2, -0.15) is 0 Å². The molecule has 0 radical (unpaired) electrons. The molecule has 2 rings (SSSR count). The smallest absolute Gasteiger partial charge is 0.287 e. The number of hydrogen-bond acceptors (Lipinski definition) is 3. The van der Waals surface area contributed by atoms with E-state index in [0.717, 1.165) is 11.3 Å². The fourth-order valence-electron chi connectivity index (χ4n) is 2.01. The van der Waals surface area contributed by atoms with Gasteiger partial charge in [0.2, 0.25) is 5.78 Å². The molecule has 0 aliphatic carbocycles. The van der Waals surface area contributed by atoms with Crippen molar-refractivity contribution >= 4 is 23.3 Å². The van der Waals surface area contributed by atoms with Crippen molar-refractivity contribution in [2.45, 2.75) is 25.8 Å². The first kappa shape index (κ1) is 16.2. The van der Waals surface area contributed by atoms with Crippen molar-refractivity contribution in [3.63, 3.8) is 0 Å². The summed E-state index contributed by atoms with van der Waals surface area (Å²) >= 11 is 6.00. The maximum Gasteiger partial charge on any atom is 0.287 e. The molecular weight excluding hydrogens is 300 g/mol. The van der Waals surface area contributed by atoms with Crippen molar-refractivity contribution in [3.8, 4) is 0 Å². The van der Waals surface area contributed by atoms with E-state index >= 15 is 0 Å². The Morgan fingerprint density at radius 1 is 1.09 bits per heavy atom. The van der Waals surface area contributed by atoms with Crippen LogP contribution in [0.4, 0.5) is 0 Å². The van der Waals surface area contributed by atoms with E-state index in [1.165, 1.54) is 0 Å². The van der Waals surface area contributed by atoms with Crippen molar-refractivity contribution in [1.29, 1.82) is 0 Å². The molecule has 1 heterocycles. The van der Waals surface area contributed by atoms with Gasteiger partial charge in [0.25, 0.3) is 5.91 Å². The maximum atomic E-state index is 11.8. The van der Waals surface area contributed by atoms with Crippen LogP contribution in [-0.2, 0) is 22.6 Å². The summed E-state index contributed by atoms with van der Waals surface area (Å²) < 4.78 is 0. The molecule has 0 atom stereocenters. The summed E-state index contributed by atoms with van der Waals surface area (Å²) in [5.74, 6) is -0.982. The number of rotatable bonds is 7. The zero-order valence-electron chi connectivity index (χ0n) is 12.1. The number of Topliss-reactive ketones (excluding diaryl/α,β-unsaturated/α-hetero) is 1. The second-order valence-electron chi connectivity index (χ2n) is 4.87. The van der Waals surface area contributed by atoms with Crippen molar-refractivity contribution in [2.75, 3.05) is 0 Å². The van der Waals surface area contributed by atoms with Crippen LogP contribution >= 0.6 is 11.6 Å². The third-order valence-corrected chi connectivity index (χ3v) is 3.58. The Labute approximate surface area is 134 Å². The van der Waals surface area contributed by atoms with Gasteiger partial charge in [-0.25, -0.2) is 0 Å². The van der Waals surface area contributed by atoms with Crippen LogP contribution in [0.5, 0.6) is 0 Å². The molecule has 4 nitrogen and oxygen atoms in total. The molecule has 0 saturated carbocycles. The van der Waals surface area contributed by atoms with Gasteiger partial charge >= 0.3 is 0 Å². The molecule has 114 valence electrons. The predicted octanol–water partition coefficient (Wildman–Crippen LogP) is 2.94. The molecule has 0 fully saturated rings. The minimum absolute atomic E-state index is 0.213. The van der Waals surface area contributed by atoms with Crippen molar-refractivity contribution in [2.24, 2.45) is 0 Å². The molecule has 5 heteroatoms. The Kier molecular flexibility index (Phi) is 6.10. The Morgan fingerprint density at radius 3 is 2.59 bits per heavy atom. The van der Waals surface area contributed by atoms with Gasteiger partial charge in [-0.3, -0.25) is 14.6 Å². The highest BCUT2D eigenvalue weighted by atomic mass is 35.5. The third kappa shape index (κ3) is 4.97. The number of aryl methyl sites for hydroxylation is 1. The van der Waals surface area contributed by atoms with E-state index < -0.39 is 11.7 Å². The highest BCUT2D eigenvalue weighted by Gasteiger charge is 2.13. The fraction of sp³-hybridized carbons (Fsp3) is 0.235. The quantitative estimate of drug-likeness (QED) is 0.799. The Hall–Kier alpha value is -2.20.